The number of aryl methyl sites for hydroxylation is 1. The van der Waals surface area contributed by atoms with E-state index >= 15 is 4.79 Å². The Morgan fingerprint density at radius 2 is 1.69 bits per heavy atom. The highest BCUT2D eigenvalue weighted by atomic mass is 35.5. The maximum absolute atomic E-state index is 15.5. The number of carbonyl (C=O) groups is 7. The van der Waals surface area contributed by atoms with E-state index < -0.39 is 82.7 Å². The molecule has 2 aliphatic carbocycles. The minimum absolute atomic E-state index is 0.00801. The normalized spacial score (nSPS) is 25.1. The van der Waals surface area contributed by atoms with Gasteiger partial charge in [0.25, 0.3) is 11.8 Å². The number of hydrogen-bond donors (Lipinski definition) is 4. The van der Waals surface area contributed by atoms with Crippen molar-refractivity contribution >= 4 is 52.8 Å². The van der Waals surface area contributed by atoms with Crippen molar-refractivity contribution in [2.75, 3.05) is 19.6 Å². The molecule has 4 N–H and O–H groups in total. The molecule has 3 saturated heterocycles. The van der Waals surface area contributed by atoms with Gasteiger partial charge in [-0.05, 0) is 80.7 Å². The summed E-state index contributed by atoms with van der Waals surface area (Å²) in [6, 6.07) is 5.37. The highest BCUT2D eigenvalue weighted by Gasteiger charge is 2.66. The number of nitrogens with zero attached hydrogens (tertiary/aromatic N) is 4. The number of aromatic nitrogens is 1. The lowest BCUT2D eigenvalue weighted by Crippen LogP contribution is -2.62. The van der Waals surface area contributed by atoms with Gasteiger partial charge >= 0.3 is 0 Å². The third kappa shape index (κ3) is 9.82. The van der Waals surface area contributed by atoms with E-state index in [0.29, 0.717) is 42.4 Å². The van der Waals surface area contributed by atoms with Gasteiger partial charge in [0.2, 0.25) is 29.4 Å². The molecule has 3 aliphatic heterocycles. The van der Waals surface area contributed by atoms with Gasteiger partial charge in [0.1, 0.15) is 41.3 Å². The molecular formula is C47H65ClN8O8. The topological polar surface area (TPSA) is 191 Å². The van der Waals surface area contributed by atoms with Crippen molar-refractivity contribution in [2.24, 2.45) is 18.4 Å². The molecule has 0 bridgehead atoms. The molecule has 17 heteroatoms. The second-order valence-electron chi connectivity index (χ2n) is 19.5. The summed E-state index contributed by atoms with van der Waals surface area (Å²) in [4.78, 5) is 105. The number of fused-ring (bicyclic) bond motifs is 2. The van der Waals surface area contributed by atoms with Crippen LogP contribution in [0.25, 0.3) is 0 Å². The van der Waals surface area contributed by atoms with Crippen LogP contribution >= 0.6 is 11.6 Å². The summed E-state index contributed by atoms with van der Waals surface area (Å²) in [5.41, 5.74) is -1.65. The number of nitrogens with one attached hydrogen (secondary N) is 4. The van der Waals surface area contributed by atoms with Crippen LogP contribution in [0.1, 0.15) is 116 Å². The van der Waals surface area contributed by atoms with Crippen molar-refractivity contribution < 1.29 is 38.3 Å². The number of ketones is 1. The van der Waals surface area contributed by atoms with Crippen molar-refractivity contribution in [2.45, 2.75) is 153 Å². The van der Waals surface area contributed by atoms with Gasteiger partial charge < -0.3 is 40.4 Å². The van der Waals surface area contributed by atoms with Crippen LogP contribution in [0.2, 0.25) is 5.02 Å². The summed E-state index contributed by atoms with van der Waals surface area (Å²) in [7, 11) is 1.76. The zero-order chi connectivity index (χ0) is 46.1. The van der Waals surface area contributed by atoms with Crippen LogP contribution in [0.3, 0.4) is 0 Å². The third-order valence-corrected chi connectivity index (χ3v) is 14.0. The van der Waals surface area contributed by atoms with Gasteiger partial charge in [-0.25, -0.2) is 0 Å². The minimum Gasteiger partial charge on any atom is -0.489 e. The quantitative estimate of drug-likeness (QED) is 0.182. The summed E-state index contributed by atoms with van der Waals surface area (Å²) in [6.45, 7) is 9.74. The van der Waals surface area contributed by atoms with Crippen molar-refractivity contribution in [3.05, 3.63) is 53.3 Å². The largest absolute Gasteiger partial charge is 0.489 e. The number of Topliss-reactive ketones (excluding diaryl/α,β-unsaturated/α-hetero) is 1. The lowest BCUT2D eigenvalue weighted by molar-refractivity contribution is -0.145. The van der Waals surface area contributed by atoms with Gasteiger partial charge in [-0.15, -0.1) is 0 Å². The molecule has 7 rings (SSSR count). The lowest BCUT2D eigenvalue weighted by atomic mass is 9.82. The number of rotatable bonds is 16. The Morgan fingerprint density at radius 1 is 0.953 bits per heavy atom. The predicted octanol–water partition coefficient (Wildman–Crippen LogP) is 3.70. The summed E-state index contributed by atoms with van der Waals surface area (Å²) >= 11 is 6.27. The van der Waals surface area contributed by atoms with E-state index in [0.717, 1.165) is 44.9 Å². The highest BCUT2D eigenvalue weighted by molar-refractivity contribution is 6.38. The second kappa shape index (κ2) is 19.3. The van der Waals surface area contributed by atoms with Crippen LogP contribution in [0.5, 0.6) is 5.75 Å². The Hall–Kier alpha value is -4.96. The Bertz CT molecular complexity index is 2110. The summed E-state index contributed by atoms with van der Waals surface area (Å²) in [6.07, 6.45) is 8.28. The van der Waals surface area contributed by atoms with Crippen molar-refractivity contribution in [1.82, 2.24) is 40.5 Å². The first kappa shape index (κ1) is 47.0. The average molecular weight is 906 g/mol. The first-order valence-corrected chi connectivity index (χ1v) is 23.5. The molecule has 64 heavy (non-hydrogen) atoms. The minimum atomic E-state index is -1.20. The van der Waals surface area contributed by atoms with Gasteiger partial charge in [-0.3, -0.25) is 38.5 Å². The monoisotopic (exact) mass is 904 g/mol. The summed E-state index contributed by atoms with van der Waals surface area (Å²) in [5, 5.41) is 12.2. The Kier molecular flexibility index (Phi) is 14.1. The van der Waals surface area contributed by atoms with Crippen LogP contribution in [-0.2, 0) is 35.8 Å². The van der Waals surface area contributed by atoms with Crippen LogP contribution in [0, 0.1) is 11.3 Å². The second-order valence-corrected chi connectivity index (χ2v) is 19.9. The Morgan fingerprint density at radius 3 is 2.31 bits per heavy atom. The molecular weight excluding hydrogens is 840 g/mol. The van der Waals surface area contributed by atoms with Crippen molar-refractivity contribution in [3.8, 4) is 5.75 Å². The molecule has 348 valence electrons. The average Bonchev–Trinajstić information content (AvgIpc) is 3.52. The van der Waals surface area contributed by atoms with Crippen LogP contribution in [0.4, 0.5) is 0 Å². The number of carbonyl (C=O) groups excluding carboxylic acids is 7. The van der Waals surface area contributed by atoms with E-state index in [1.165, 1.54) is 4.90 Å². The molecule has 7 atom stereocenters. The molecule has 1 aromatic carbocycles. The summed E-state index contributed by atoms with van der Waals surface area (Å²) in [5.74, 6) is -3.35. The molecule has 5 aliphatic rings. The Balaban J connectivity index is 1.21. The first-order valence-electron chi connectivity index (χ1n) is 23.1. The summed E-state index contributed by atoms with van der Waals surface area (Å²) < 4.78 is 8.05. The van der Waals surface area contributed by atoms with E-state index in [1.54, 1.807) is 59.1 Å². The van der Waals surface area contributed by atoms with E-state index in [4.69, 9.17) is 16.3 Å². The van der Waals surface area contributed by atoms with E-state index in [1.807, 2.05) is 39.5 Å². The molecule has 1 aromatic heterocycles. The number of amides is 6. The van der Waals surface area contributed by atoms with Crippen LogP contribution in [0.15, 0.2) is 42.6 Å². The fourth-order valence-electron chi connectivity index (χ4n) is 10.3. The molecule has 2 saturated carbocycles. The number of likely N-dealkylation sites (N-methyl/N-ethyl adjacent to an activating group) is 1. The Labute approximate surface area is 380 Å². The zero-order valence-corrected chi connectivity index (χ0v) is 38.7. The predicted molar refractivity (Wildman–Crippen MR) is 239 cm³/mol. The van der Waals surface area contributed by atoms with Crippen molar-refractivity contribution in [3.63, 3.8) is 0 Å². The fraction of sp³-hybridized carbons (Fsp3) is 0.638. The van der Waals surface area contributed by atoms with Gasteiger partial charge in [0, 0.05) is 50.2 Å². The number of hydrogen-bond acceptors (Lipinski definition) is 9. The van der Waals surface area contributed by atoms with Gasteiger partial charge in [-0.1, -0.05) is 71.0 Å². The SMILES string of the molecule is CCCC(NC(=O)[C@@H]1CC2(CN1C(=O)[C@@H](NC(=O)[C@@H](NC(=O)c1cccn1C)C1CCCCC1)C(C)(C)C)N(CC)C(=O)[C@@H]1C[C@H](Oc3cccc(Cl)c3)CN12)C(=O)C(=O)NC1CC1. The fourth-order valence-corrected chi connectivity index (χ4v) is 10.5. The molecule has 4 heterocycles. The molecule has 16 nitrogen and oxygen atoms in total. The standard InChI is InChI=1S/C47H65ClN8O8/c1-7-14-33(38(57)43(61)49-30-20-21-30)50-41(59)36-25-47(55(8-2)44(62)35-24-32(26-56(35)47)64-31-18-12-17-29(48)23-31)27-54(36)45(63)39(46(3,4)5)52-42(60)37(28-15-10-9-11-16-28)51-40(58)34-19-13-22-53(34)6/h12-13,17-19,22-23,28,30,32-33,35-37,39H,7-11,14-16,20-21,24-27H2,1-6H3,(H,49,61)(H,50,59)(H,51,58)(H,52,60)/t32-,33?,35-,36-,37-,39+,47?/m0/s1. The molecule has 5 fully saturated rings. The number of likely N-dealkylation sites (tertiary alicyclic amines) is 1. The molecule has 2 unspecified atom stereocenters. The number of halogens is 1. The molecule has 2 aromatic rings. The van der Waals surface area contributed by atoms with Gasteiger partial charge in [0.15, 0.2) is 0 Å². The number of ether oxygens (including phenoxy) is 1. The van der Waals surface area contributed by atoms with Crippen LogP contribution < -0.4 is 26.0 Å². The third-order valence-electron chi connectivity index (χ3n) is 13.8. The number of benzene rings is 1. The van der Waals surface area contributed by atoms with Crippen LogP contribution in [-0.4, -0.2) is 128 Å². The van der Waals surface area contributed by atoms with E-state index in [2.05, 4.69) is 21.3 Å². The molecule has 1 spiro atoms. The zero-order valence-electron chi connectivity index (χ0n) is 38.0. The molecule has 6 amide bonds. The smallest absolute Gasteiger partial charge is 0.289 e. The maximum atomic E-state index is 15.5. The van der Waals surface area contributed by atoms with Gasteiger partial charge in [-0.2, -0.15) is 0 Å². The highest BCUT2D eigenvalue weighted by Crippen LogP contribution is 2.47. The van der Waals surface area contributed by atoms with E-state index in [-0.39, 0.29) is 37.3 Å². The molecule has 0 radical (unpaired) electrons. The maximum Gasteiger partial charge on any atom is 0.289 e. The van der Waals surface area contributed by atoms with E-state index in [9.17, 15) is 28.8 Å². The lowest BCUT2D eigenvalue weighted by Gasteiger charge is -2.41. The van der Waals surface area contributed by atoms with Gasteiger partial charge in [0.05, 0.1) is 18.6 Å². The van der Waals surface area contributed by atoms with Crippen molar-refractivity contribution in [1.29, 1.82) is 0 Å². The first-order chi connectivity index (χ1) is 30.4.